The quantitative estimate of drug-likeness (QED) is 0.389. The van der Waals surface area contributed by atoms with Gasteiger partial charge in [-0.25, -0.2) is 4.39 Å². The van der Waals surface area contributed by atoms with E-state index in [0.717, 1.165) is 6.07 Å². The normalized spacial score (nSPS) is 11.7. The number of amidine groups is 1. The Morgan fingerprint density at radius 3 is 2.38 bits per heavy atom. The summed E-state index contributed by atoms with van der Waals surface area (Å²) in [5, 5.41) is 11.4. The van der Waals surface area contributed by atoms with Crippen LogP contribution in [-0.2, 0) is 0 Å². The molecule has 3 N–H and O–H groups in total. The Kier molecular flexibility index (Phi) is 4.42. The zero-order valence-corrected chi connectivity index (χ0v) is 11.9. The van der Waals surface area contributed by atoms with Crippen LogP contribution in [0.25, 0.3) is 0 Å². The lowest BCUT2D eigenvalue weighted by Crippen LogP contribution is -2.13. The third-order valence-corrected chi connectivity index (χ3v) is 3.11. The molecule has 0 saturated carbocycles. The second-order valence-corrected chi connectivity index (χ2v) is 4.96. The van der Waals surface area contributed by atoms with Gasteiger partial charge in [0.2, 0.25) is 0 Å². The topological polar surface area (TPSA) is 67.8 Å². The first-order chi connectivity index (χ1) is 10.0. The van der Waals surface area contributed by atoms with Gasteiger partial charge in [0.25, 0.3) is 0 Å². The first-order valence-corrected chi connectivity index (χ1v) is 6.56. The van der Waals surface area contributed by atoms with Gasteiger partial charge in [-0.15, -0.1) is 0 Å². The van der Waals surface area contributed by atoms with Gasteiger partial charge in [0.1, 0.15) is 5.75 Å². The molecule has 0 unspecified atom stereocenters. The highest BCUT2D eigenvalue weighted by atomic mass is 19.1. The summed E-state index contributed by atoms with van der Waals surface area (Å²) in [6, 6.07) is 11.6. The predicted octanol–water partition coefficient (Wildman–Crippen LogP) is 3.84. The van der Waals surface area contributed by atoms with Gasteiger partial charge in [-0.1, -0.05) is 31.1 Å². The molecule has 0 aliphatic rings. The van der Waals surface area contributed by atoms with Gasteiger partial charge in [0.15, 0.2) is 17.4 Å². The molecule has 0 fully saturated rings. The maximum absolute atomic E-state index is 13.9. The number of hydrogen-bond donors (Lipinski definition) is 2. The van der Waals surface area contributed by atoms with Crippen molar-refractivity contribution in [1.29, 1.82) is 0 Å². The van der Waals surface area contributed by atoms with Crippen molar-refractivity contribution in [2.45, 2.75) is 19.8 Å². The van der Waals surface area contributed by atoms with Crippen molar-refractivity contribution in [2.75, 3.05) is 0 Å². The van der Waals surface area contributed by atoms with E-state index >= 15 is 0 Å². The first-order valence-electron chi connectivity index (χ1n) is 6.56. The van der Waals surface area contributed by atoms with Crippen molar-refractivity contribution in [3.05, 3.63) is 59.4 Å². The van der Waals surface area contributed by atoms with Crippen molar-refractivity contribution < 1.29 is 14.3 Å². The lowest BCUT2D eigenvalue weighted by atomic mass is 10.0. The molecule has 0 saturated heterocycles. The number of oxime groups is 1. The van der Waals surface area contributed by atoms with Crippen LogP contribution in [0.3, 0.4) is 0 Å². The highest BCUT2D eigenvalue weighted by Crippen LogP contribution is 2.26. The highest BCUT2D eigenvalue weighted by molar-refractivity contribution is 5.97. The number of hydrogen-bond acceptors (Lipinski definition) is 3. The van der Waals surface area contributed by atoms with E-state index < -0.39 is 5.82 Å². The molecule has 0 spiro atoms. The minimum Gasteiger partial charge on any atom is -0.454 e. The summed E-state index contributed by atoms with van der Waals surface area (Å²) in [4.78, 5) is 0. The molecule has 0 aromatic heterocycles. The fraction of sp³-hybridized carbons (Fsp3) is 0.188. The average molecular weight is 288 g/mol. The Morgan fingerprint density at radius 1 is 1.19 bits per heavy atom. The van der Waals surface area contributed by atoms with E-state index in [1.165, 1.54) is 17.7 Å². The average Bonchev–Trinajstić information content (AvgIpc) is 2.49. The summed E-state index contributed by atoms with van der Waals surface area (Å²) < 4.78 is 19.4. The number of rotatable bonds is 4. The maximum atomic E-state index is 13.9. The molecule has 0 amide bonds. The Labute approximate surface area is 122 Å². The van der Waals surface area contributed by atoms with Gasteiger partial charge >= 0.3 is 0 Å². The standard InChI is InChI=1S/C16H17FN2O2/c1-10(2)11-3-6-13(7-4-11)21-15-8-5-12(9-14(15)17)16(18)19-20/h3-10,20H,1-2H3,(H2,18,19). The zero-order chi connectivity index (χ0) is 15.4. The summed E-state index contributed by atoms with van der Waals surface area (Å²) >= 11 is 0. The van der Waals surface area contributed by atoms with Crippen LogP contribution < -0.4 is 10.5 Å². The van der Waals surface area contributed by atoms with Crippen molar-refractivity contribution >= 4 is 5.84 Å². The van der Waals surface area contributed by atoms with E-state index in [4.69, 9.17) is 15.7 Å². The fourth-order valence-corrected chi connectivity index (χ4v) is 1.85. The highest BCUT2D eigenvalue weighted by Gasteiger charge is 2.09. The Balaban J connectivity index is 2.20. The van der Waals surface area contributed by atoms with Crippen LogP contribution in [0.5, 0.6) is 11.5 Å². The molecule has 0 radical (unpaired) electrons. The smallest absolute Gasteiger partial charge is 0.170 e. The summed E-state index contributed by atoms with van der Waals surface area (Å²) in [6.07, 6.45) is 0. The molecule has 5 heteroatoms. The maximum Gasteiger partial charge on any atom is 0.170 e. The van der Waals surface area contributed by atoms with Crippen molar-refractivity contribution in [3.63, 3.8) is 0 Å². The zero-order valence-electron chi connectivity index (χ0n) is 11.9. The van der Waals surface area contributed by atoms with Crippen LogP contribution >= 0.6 is 0 Å². The lowest BCUT2D eigenvalue weighted by molar-refractivity contribution is 0.318. The number of benzene rings is 2. The fourth-order valence-electron chi connectivity index (χ4n) is 1.85. The Bertz CT molecular complexity index is 652. The lowest BCUT2D eigenvalue weighted by Gasteiger charge is -2.10. The van der Waals surface area contributed by atoms with E-state index in [2.05, 4.69) is 19.0 Å². The molecule has 0 aliphatic heterocycles. The van der Waals surface area contributed by atoms with Crippen LogP contribution in [0, 0.1) is 5.82 Å². The van der Waals surface area contributed by atoms with Crippen molar-refractivity contribution in [2.24, 2.45) is 10.9 Å². The molecule has 21 heavy (non-hydrogen) atoms. The van der Waals surface area contributed by atoms with E-state index in [-0.39, 0.29) is 17.1 Å². The number of nitrogens with two attached hydrogens (primary N) is 1. The van der Waals surface area contributed by atoms with E-state index in [0.29, 0.717) is 11.7 Å². The summed E-state index contributed by atoms with van der Waals surface area (Å²) in [6.45, 7) is 4.20. The van der Waals surface area contributed by atoms with Gasteiger partial charge in [-0.3, -0.25) is 0 Å². The summed E-state index contributed by atoms with van der Waals surface area (Å²) in [7, 11) is 0. The third-order valence-electron chi connectivity index (χ3n) is 3.11. The minimum absolute atomic E-state index is 0.0850. The minimum atomic E-state index is -0.577. The molecule has 4 nitrogen and oxygen atoms in total. The van der Waals surface area contributed by atoms with E-state index in [1.54, 1.807) is 12.1 Å². The largest absolute Gasteiger partial charge is 0.454 e. The van der Waals surface area contributed by atoms with Crippen LogP contribution in [0.1, 0.15) is 30.9 Å². The van der Waals surface area contributed by atoms with Gasteiger partial charge in [-0.2, -0.15) is 0 Å². The predicted molar refractivity (Wildman–Crippen MR) is 79.5 cm³/mol. The molecule has 0 heterocycles. The molecule has 2 rings (SSSR count). The number of ether oxygens (including phenoxy) is 1. The van der Waals surface area contributed by atoms with E-state index in [1.807, 2.05) is 12.1 Å². The van der Waals surface area contributed by atoms with Gasteiger partial charge < -0.3 is 15.7 Å². The van der Waals surface area contributed by atoms with Crippen LogP contribution in [0.4, 0.5) is 4.39 Å². The first kappa shape index (κ1) is 14.8. The molecule has 2 aromatic carbocycles. The van der Waals surface area contributed by atoms with Gasteiger partial charge in [0.05, 0.1) is 0 Å². The SMILES string of the molecule is CC(C)c1ccc(Oc2ccc(/C(N)=N/O)cc2F)cc1. The monoisotopic (exact) mass is 288 g/mol. The number of halogens is 1. The van der Waals surface area contributed by atoms with E-state index in [9.17, 15) is 4.39 Å². The third kappa shape index (κ3) is 3.51. The second-order valence-electron chi connectivity index (χ2n) is 4.96. The van der Waals surface area contributed by atoms with Crippen LogP contribution in [0.2, 0.25) is 0 Å². The summed E-state index contributed by atoms with van der Waals surface area (Å²) in [5.41, 5.74) is 6.88. The molecule has 0 aliphatic carbocycles. The Hall–Kier alpha value is -2.56. The Morgan fingerprint density at radius 2 is 1.86 bits per heavy atom. The van der Waals surface area contributed by atoms with Crippen molar-refractivity contribution in [3.8, 4) is 11.5 Å². The molecule has 0 bridgehead atoms. The van der Waals surface area contributed by atoms with Gasteiger partial charge in [0, 0.05) is 5.56 Å². The van der Waals surface area contributed by atoms with Gasteiger partial charge in [-0.05, 0) is 41.8 Å². The molecule has 110 valence electrons. The van der Waals surface area contributed by atoms with Crippen molar-refractivity contribution in [1.82, 2.24) is 0 Å². The molecule has 2 aromatic rings. The van der Waals surface area contributed by atoms with Crippen LogP contribution in [-0.4, -0.2) is 11.0 Å². The molecular weight excluding hydrogens is 271 g/mol. The summed E-state index contributed by atoms with van der Waals surface area (Å²) in [5.74, 6) is 0.334. The number of nitrogens with zero attached hydrogens (tertiary/aromatic N) is 1. The second kappa shape index (κ2) is 6.26. The van der Waals surface area contributed by atoms with Crippen LogP contribution in [0.15, 0.2) is 47.6 Å². The molecule has 0 atom stereocenters. The molecular formula is C16H17FN2O2.